The third kappa shape index (κ3) is 3.16. The largest absolute Gasteiger partial charge is 0.308 e. The molecule has 0 aliphatic carbocycles. The second kappa shape index (κ2) is 5.91. The predicted molar refractivity (Wildman–Crippen MR) is 70.7 cm³/mol. The van der Waals surface area contributed by atoms with Crippen LogP contribution >= 0.6 is 11.3 Å². The van der Waals surface area contributed by atoms with Crippen LogP contribution in [0.4, 0.5) is 8.78 Å². The van der Waals surface area contributed by atoms with E-state index in [1.54, 1.807) is 17.4 Å². The van der Waals surface area contributed by atoms with Crippen molar-refractivity contribution in [1.29, 1.82) is 5.26 Å². The summed E-state index contributed by atoms with van der Waals surface area (Å²) in [6.45, 7) is 2.67. The molecule has 0 saturated heterocycles. The van der Waals surface area contributed by atoms with Crippen LogP contribution in [0.2, 0.25) is 0 Å². The number of nitrogens with one attached hydrogen (secondary N) is 1. The monoisotopic (exact) mass is 278 g/mol. The maximum absolute atomic E-state index is 13.6. The minimum Gasteiger partial charge on any atom is -0.308 e. The van der Waals surface area contributed by atoms with Gasteiger partial charge in [-0.3, -0.25) is 0 Å². The molecule has 98 valence electrons. The van der Waals surface area contributed by atoms with Crippen LogP contribution in [0.25, 0.3) is 0 Å². The van der Waals surface area contributed by atoms with Crippen molar-refractivity contribution in [2.45, 2.75) is 20.0 Å². The first-order valence-electron chi connectivity index (χ1n) is 5.73. The van der Waals surface area contributed by atoms with E-state index in [9.17, 15) is 8.78 Å². The zero-order valence-corrected chi connectivity index (χ0v) is 11.2. The molecule has 0 saturated carbocycles. The molecule has 0 bridgehead atoms. The highest BCUT2D eigenvalue weighted by atomic mass is 32.1. The number of halogens is 2. The van der Waals surface area contributed by atoms with Gasteiger partial charge in [-0.1, -0.05) is 0 Å². The van der Waals surface area contributed by atoms with Crippen molar-refractivity contribution in [1.82, 2.24) is 5.32 Å². The molecule has 0 aliphatic rings. The van der Waals surface area contributed by atoms with Gasteiger partial charge in [-0.15, -0.1) is 11.3 Å². The molecule has 1 aromatic heterocycles. The van der Waals surface area contributed by atoms with Gasteiger partial charge in [0.05, 0.1) is 11.6 Å². The summed E-state index contributed by atoms with van der Waals surface area (Å²) >= 11 is 1.61. The standard InChI is InChI=1S/C14H12F2N2S/c1-9-2-3-19-14(9)8-18-7-11-12(15)4-10(6-17)5-13(11)16/h2-5,18H,7-8H2,1H3. The van der Waals surface area contributed by atoms with Crippen LogP contribution < -0.4 is 5.32 Å². The van der Waals surface area contributed by atoms with Gasteiger partial charge >= 0.3 is 0 Å². The lowest BCUT2D eigenvalue weighted by Crippen LogP contribution is -2.15. The summed E-state index contributed by atoms with van der Waals surface area (Å²) in [6, 6.07) is 5.83. The van der Waals surface area contributed by atoms with Gasteiger partial charge in [0.15, 0.2) is 0 Å². The molecule has 5 heteroatoms. The van der Waals surface area contributed by atoms with Gasteiger partial charge in [-0.2, -0.15) is 5.26 Å². The summed E-state index contributed by atoms with van der Waals surface area (Å²) < 4.78 is 27.2. The number of rotatable bonds is 4. The Labute approximate surface area is 114 Å². The van der Waals surface area contributed by atoms with Gasteiger partial charge in [0, 0.05) is 23.5 Å². The first kappa shape index (κ1) is 13.7. The second-order valence-electron chi connectivity index (χ2n) is 4.16. The quantitative estimate of drug-likeness (QED) is 0.929. The van der Waals surface area contributed by atoms with E-state index in [0.29, 0.717) is 6.54 Å². The summed E-state index contributed by atoms with van der Waals surface area (Å²) in [4.78, 5) is 1.15. The number of aryl methyl sites for hydroxylation is 1. The van der Waals surface area contributed by atoms with E-state index in [2.05, 4.69) is 5.32 Å². The molecular formula is C14H12F2N2S. The number of hydrogen-bond donors (Lipinski definition) is 1. The van der Waals surface area contributed by atoms with Crippen molar-refractivity contribution in [3.8, 4) is 6.07 Å². The summed E-state index contributed by atoms with van der Waals surface area (Å²) in [5, 5.41) is 13.6. The Morgan fingerprint density at radius 2 is 1.95 bits per heavy atom. The average molecular weight is 278 g/mol. The zero-order chi connectivity index (χ0) is 13.8. The van der Waals surface area contributed by atoms with Crippen LogP contribution in [-0.4, -0.2) is 0 Å². The summed E-state index contributed by atoms with van der Waals surface area (Å²) in [7, 11) is 0. The Bertz CT molecular complexity index is 606. The highest BCUT2D eigenvalue weighted by Crippen LogP contribution is 2.17. The van der Waals surface area contributed by atoms with Gasteiger partial charge in [-0.25, -0.2) is 8.78 Å². The molecule has 0 spiro atoms. The molecule has 1 aromatic carbocycles. The molecule has 0 unspecified atom stereocenters. The van der Waals surface area contributed by atoms with Crippen LogP contribution in [0.1, 0.15) is 21.6 Å². The number of hydrogen-bond acceptors (Lipinski definition) is 3. The van der Waals surface area contributed by atoms with E-state index in [4.69, 9.17) is 5.26 Å². The van der Waals surface area contributed by atoms with Gasteiger partial charge in [0.1, 0.15) is 11.6 Å². The van der Waals surface area contributed by atoms with E-state index >= 15 is 0 Å². The Morgan fingerprint density at radius 1 is 1.26 bits per heavy atom. The maximum Gasteiger partial charge on any atom is 0.131 e. The Hall–Kier alpha value is -1.77. The third-order valence-electron chi connectivity index (χ3n) is 2.83. The van der Waals surface area contributed by atoms with Crippen LogP contribution in [0.5, 0.6) is 0 Å². The lowest BCUT2D eigenvalue weighted by atomic mass is 10.1. The van der Waals surface area contributed by atoms with E-state index in [1.807, 2.05) is 18.4 Å². The molecule has 2 rings (SSSR count). The van der Waals surface area contributed by atoms with Crippen LogP contribution in [0, 0.1) is 29.9 Å². The fraction of sp³-hybridized carbons (Fsp3) is 0.214. The van der Waals surface area contributed by atoms with Crippen molar-refractivity contribution >= 4 is 11.3 Å². The van der Waals surface area contributed by atoms with Crippen molar-refractivity contribution < 1.29 is 8.78 Å². The molecule has 1 heterocycles. The molecule has 0 fully saturated rings. The van der Waals surface area contributed by atoms with E-state index in [0.717, 1.165) is 17.0 Å². The summed E-state index contributed by atoms with van der Waals surface area (Å²) in [5.41, 5.74) is 1.12. The first-order chi connectivity index (χ1) is 9.11. The number of benzene rings is 1. The fourth-order valence-electron chi connectivity index (χ4n) is 1.72. The summed E-state index contributed by atoms with van der Waals surface area (Å²) in [5.74, 6) is -1.38. The lowest BCUT2D eigenvalue weighted by molar-refractivity contribution is 0.535. The average Bonchev–Trinajstić information content (AvgIpc) is 2.78. The zero-order valence-electron chi connectivity index (χ0n) is 10.3. The number of nitriles is 1. The fourth-order valence-corrected chi connectivity index (χ4v) is 2.60. The SMILES string of the molecule is Cc1ccsc1CNCc1c(F)cc(C#N)cc1F. The molecule has 0 aliphatic heterocycles. The van der Waals surface area contributed by atoms with E-state index < -0.39 is 11.6 Å². The van der Waals surface area contributed by atoms with Crippen molar-refractivity contribution in [2.75, 3.05) is 0 Å². The number of thiophene rings is 1. The topological polar surface area (TPSA) is 35.8 Å². The van der Waals surface area contributed by atoms with E-state index in [1.165, 1.54) is 5.56 Å². The molecular weight excluding hydrogens is 266 g/mol. The maximum atomic E-state index is 13.6. The predicted octanol–water partition coefficient (Wildman–Crippen LogP) is 3.50. The van der Waals surface area contributed by atoms with Crippen molar-refractivity contribution in [3.63, 3.8) is 0 Å². The molecule has 2 aromatic rings. The smallest absolute Gasteiger partial charge is 0.131 e. The van der Waals surface area contributed by atoms with Crippen LogP contribution in [0.3, 0.4) is 0 Å². The lowest BCUT2D eigenvalue weighted by Gasteiger charge is -2.07. The molecule has 19 heavy (non-hydrogen) atoms. The van der Waals surface area contributed by atoms with Gasteiger partial charge in [0.25, 0.3) is 0 Å². The first-order valence-corrected chi connectivity index (χ1v) is 6.61. The molecule has 2 nitrogen and oxygen atoms in total. The van der Waals surface area contributed by atoms with Gasteiger partial charge in [0.2, 0.25) is 0 Å². The molecule has 0 amide bonds. The van der Waals surface area contributed by atoms with Gasteiger partial charge in [-0.05, 0) is 36.1 Å². The normalized spacial score (nSPS) is 10.4. The van der Waals surface area contributed by atoms with Crippen LogP contribution in [-0.2, 0) is 13.1 Å². The molecule has 0 atom stereocenters. The third-order valence-corrected chi connectivity index (χ3v) is 3.85. The Morgan fingerprint density at radius 3 is 2.47 bits per heavy atom. The second-order valence-corrected chi connectivity index (χ2v) is 5.16. The van der Waals surface area contributed by atoms with Gasteiger partial charge < -0.3 is 5.32 Å². The number of nitrogens with zero attached hydrogens (tertiary/aromatic N) is 1. The minimum absolute atomic E-state index is 0.00662. The highest BCUT2D eigenvalue weighted by Gasteiger charge is 2.11. The summed E-state index contributed by atoms with van der Waals surface area (Å²) in [6.07, 6.45) is 0. The highest BCUT2D eigenvalue weighted by molar-refractivity contribution is 7.10. The van der Waals surface area contributed by atoms with Crippen molar-refractivity contribution in [2.24, 2.45) is 0 Å². The molecule has 0 radical (unpaired) electrons. The van der Waals surface area contributed by atoms with Crippen molar-refractivity contribution in [3.05, 3.63) is 56.8 Å². The van der Waals surface area contributed by atoms with Crippen LogP contribution in [0.15, 0.2) is 23.6 Å². The Balaban J connectivity index is 2.04. The minimum atomic E-state index is -0.688. The Kier molecular flexibility index (Phi) is 4.25. The molecule has 1 N–H and O–H groups in total. The van der Waals surface area contributed by atoms with E-state index in [-0.39, 0.29) is 17.7 Å².